The third kappa shape index (κ3) is 1.75. The van der Waals surface area contributed by atoms with Gasteiger partial charge in [0.25, 0.3) is 0 Å². The van der Waals surface area contributed by atoms with Gasteiger partial charge in [-0.2, -0.15) is 13.2 Å². The molecular formula is C12H13F3N4O. The van der Waals surface area contributed by atoms with Gasteiger partial charge in [-0.1, -0.05) is 0 Å². The number of hydrogen-bond acceptors (Lipinski definition) is 4. The summed E-state index contributed by atoms with van der Waals surface area (Å²) in [5, 5.41) is 0. The van der Waals surface area contributed by atoms with Crippen LogP contribution in [0.3, 0.4) is 0 Å². The number of nitrogens with zero attached hydrogens (tertiary/aromatic N) is 3. The number of halogens is 3. The number of aryl methyl sites for hydroxylation is 1. The first kappa shape index (κ1) is 13.2. The summed E-state index contributed by atoms with van der Waals surface area (Å²) in [5.41, 5.74) is 0.119. The largest absolute Gasteiger partial charge is 0.420 e. The van der Waals surface area contributed by atoms with Crippen molar-refractivity contribution in [1.82, 2.24) is 15.0 Å². The van der Waals surface area contributed by atoms with Crippen LogP contribution in [0.15, 0.2) is 12.4 Å². The molecule has 1 aliphatic heterocycles. The van der Waals surface area contributed by atoms with Gasteiger partial charge in [0.05, 0.1) is 18.6 Å². The van der Waals surface area contributed by atoms with Crippen LogP contribution in [-0.2, 0) is 4.74 Å². The van der Waals surface area contributed by atoms with E-state index in [1.54, 1.807) is 0 Å². The molecule has 20 heavy (non-hydrogen) atoms. The predicted molar refractivity (Wildman–Crippen MR) is 66.6 cm³/mol. The quantitative estimate of drug-likeness (QED) is 0.918. The van der Waals surface area contributed by atoms with Crippen molar-refractivity contribution >= 4 is 16.9 Å². The summed E-state index contributed by atoms with van der Waals surface area (Å²) in [4.78, 5) is 12.8. The minimum atomic E-state index is -4.39. The van der Waals surface area contributed by atoms with E-state index in [-0.39, 0.29) is 13.1 Å². The minimum Gasteiger partial charge on any atom is -0.365 e. The molecule has 0 bridgehead atoms. The molecule has 0 radical (unpaired) electrons. The molecule has 0 spiro atoms. The highest BCUT2D eigenvalue weighted by Crippen LogP contribution is 2.42. The van der Waals surface area contributed by atoms with Crippen molar-refractivity contribution in [1.29, 1.82) is 0 Å². The van der Waals surface area contributed by atoms with Gasteiger partial charge in [0.2, 0.25) is 0 Å². The fraction of sp³-hybridized carbons (Fsp3) is 0.500. The van der Waals surface area contributed by atoms with Crippen LogP contribution in [0, 0.1) is 6.92 Å². The molecule has 1 saturated heterocycles. The first-order valence-corrected chi connectivity index (χ1v) is 6.03. The number of H-pyrrole nitrogens is 1. The summed E-state index contributed by atoms with van der Waals surface area (Å²) < 4.78 is 43.6. The summed E-state index contributed by atoms with van der Waals surface area (Å²) in [6, 6.07) is 1.83. The summed E-state index contributed by atoms with van der Waals surface area (Å²) in [6.07, 6.45) is -3.04. The average molecular weight is 286 g/mol. The fourth-order valence-corrected chi connectivity index (χ4v) is 2.44. The van der Waals surface area contributed by atoms with Crippen LogP contribution < -0.4 is 4.90 Å². The van der Waals surface area contributed by atoms with E-state index < -0.39 is 11.8 Å². The molecule has 1 N–H and O–H groups in total. The topological polar surface area (TPSA) is 54.0 Å². The van der Waals surface area contributed by atoms with Crippen LogP contribution in [0.25, 0.3) is 11.0 Å². The first-order chi connectivity index (χ1) is 9.36. The van der Waals surface area contributed by atoms with Crippen LogP contribution in [-0.4, -0.2) is 46.9 Å². The maximum atomic E-state index is 13.0. The van der Waals surface area contributed by atoms with Crippen molar-refractivity contribution in [3.8, 4) is 0 Å². The van der Waals surface area contributed by atoms with Crippen molar-refractivity contribution in [3.05, 3.63) is 18.1 Å². The SMILES string of the molecule is COC1(C(F)(F)F)CN(c2ncnc3cc(C)[nH]c23)C1. The molecule has 1 fully saturated rings. The zero-order valence-electron chi connectivity index (χ0n) is 11.0. The van der Waals surface area contributed by atoms with Crippen molar-refractivity contribution in [2.45, 2.75) is 18.7 Å². The smallest absolute Gasteiger partial charge is 0.365 e. The van der Waals surface area contributed by atoms with E-state index in [1.807, 2.05) is 13.0 Å². The molecule has 0 aliphatic carbocycles. The number of fused-ring (bicyclic) bond motifs is 1. The van der Waals surface area contributed by atoms with Gasteiger partial charge in [-0.3, -0.25) is 0 Å². The number of aromatic amines is 1. The lowest BCUT2D eigenvalue weighted by atomic mass is 9.93. The van der Waals surface area contributed by atoms with Gasteiger partial charge < -0.3 is 14.6 Å². The van der Waals surface area contributed by atoms with E-state index in [2.05, 4.69) is 19.7 Å². The third-order valence-electron chi connectivity index (χ3n) is 3.63. The lowest BCUT2D eigenvalue weighted by Gasteiger charge is -2.49. The van der Waals surface area contributed by atoms with E-state index in [9.17, 15) is 13.2 Å². The number of methoxy groups -OCH3 is 1. The van der Waals surface area contributed by atoms with Gasteiger partial charge >= 0.3 is 6.18 Å². The molecule has 0 unspecified atom stereocenters. The summed E-state index contributed by atoms with van der Waals surface area (Å²) in [7, 11) is 1.08. The number of rotatable bonds is 2. The van der Waals surface area contributed by atoms with E-state index in [0.717, 1.165) is 12.8 Å². The molecule has 0 atom stereocenters. The molecule has 0 amide bonds. The van der Waals surface area contributed by atoms with Crippen LogP contribution in [0.1, 0.15) is 5.69 Å². The van der Waals surface area contributed by atoms with Gasteiger partial charge in [-0.15, -0.1) is 0 Å². The highest BCUT2D eigenvalue weighted by Gasteiger charge is 2.63. The average Bonchev–Trinajstić information content (AvgIpc) is 2.67. The highest BCUT2D eigenvalue weighted by molar-refractivity contribution is 5.87. The number of aromatic nitrogens is 3. The predicted octanol–water partition coefficient (Wildman–Crippen LogP) is 2.03. The Kier molecular flexibility index (Phi) is 2.69. The molecule has 3 rings (SSSR count). The number of anilines is 1. The summed E-state index contributed by atoms with van der Waals surface area (Å²) in [5.74, 6) is 0.472. The van der Waals surface area contributed by atoms with E-state index in [1.165, 1.54) is 11.2 Å². The second kappa shape index (κ2) is 4.08. The van der Waals surface area contributed by atoms with E-state index in [4.69, 9.17) is 0 Å². The lowest BCUT2D eigenvalue weighted by Crippen LogP contribution is -2.70. The number of alkyl halides is 3. The molecule has 0 saturated carbocycles. The van der Waals surface area contributed by atoms with Crippen molar-refractivity contribution in [2.75, 3.05) is 25.1 Å². The normalized spacial score (nSPS) is 18.4. The summed E-state index contributed by atoms with van der Waals surface area (Å²) >= 11 is 0. The first-order valence-electron chi connectivity index (χ1n) is 6.03. The van der Waals surface area contributed by atoms with Gasteiger partial charge in [-0.05, 0) is 13.0 Å². The maximum absolute atomic E-state index is 13.0. The zero-order chi connectivity index (χ0) is 14.5. The summed E-state index contributed by atoms with van der Waals surface area (Å²) in [6.45, 7) is 1.32. The number of nitrogens with one attached hydrogen (secondary N) is 1. The molecule has 2 aromatic heterocycles. The molecule has 0 aromatic carbocycles. The fourth-order valence-electron chi connectivity index (χ4n) is 2.44. The van der Waals surface area contributed by atoms with Crippen molar-refractivity contribution in [2.24, 2.45) is 0 Å². The Bertz CT molecular complexity index is 646. The second-order valence-corrected chi connectivity index (χ2v) is 4.96. The maximum Gasteiger partial charge on any atom is 0.420 e. The molecule has 2 aromatic rings. The Balaban J connectivity index is 1.92. The lowest BCUT2D eigenvalue weighted by molar-refractivity contribution is -0.277. The zero-order valence-corrected chi connectivity index (χ0v) is 11.0. The molecule has 5 nitrogen and oxygen atoms in total. The Hall–Kier alpha value is -1.83. The van der Waals surface area contributed by atoms with Gasteiger partial charge in [0.15, 0.2) is 11.4 Å². The van der Waals surface area contributed by atoms with Crippen molar-refractivity contribution < 1.29 is 17.9 Å². The molecule has 3 heterocycles. The van der Waals surface area contributed by atoms with Crippen LogP contribution in [0.2, 0.25) is 0 Å². The molecule has 108 valence electrons. The Morgan fingerprint density at radius 1 is 1.35 bits per heavy atom. The monoisotopic (exact) mass is 286 g/mol. The van der Waals surface area contributed by atoms with Crippen molar-refractivity contribution in [3.63, 3.8) is 0 Å². The van der Waals surface area contributed by atoms with Crippen LogP contribution in [0.5, 0.6) is 0 Å². The third-order valence-corrected chi connectivity index (χ3v) is 3.63. The molecular weight excluding hydrogens is 273 g/mol. The van der Waals surface area contributed by atoms with Crippen LogP contribution >= 0.6 is 0 Å². The van der Waals surface area contributed by atoms with Gasteiger partial charge in [0, 0.05) is 12.8 Å². The van der Waals surface area contributed by atoms with E-state index in [0.29, 0.717) is 16.9 Å². The highest BCUT2D eigenvalue weighted by atomic mass is 19.4. The Labute approximate surface area is 112 Å². The van der Waals surface area contributed by atoms with Gasteiger partial charge in [-0.25, -0.2) is 9.97 Å². The minimum absolute atomic E-state index is 0.267. The van der Waals surface area contributed by atoms with Gasteiger partial charge in [0.1, 0.15) is 11.8 Å². The molecule has 1 aliphatic rings. The second-order valence-electron chi connectivity index (χ2n) is 4.96. The number of hydrogen-bond donors (Lipinski definition) is 1. The Morgan fingerprint density at radius 3 is 2.65 bits per heavy atom. The standard InChI is InChI=1S/C12H13F3N4O/c1-7-3-8-9(18-7)10(17-6-16-8)19-4-11(5-19,20-2)12(13,14)15/h3,6,18H,4-5H2,1-2H3. The number of ether oxygens (including phenoxy) is 1. The Morgan fingerprint density at radius 2 is 2.05 bits per heavy atom. The van der Waals surface area contributed by atoms with E-state index >= 15 is 0 Å². The van der Waals surface area contributed by atoms with Crippen LogP contribution in [0.4, 0.5) is 19.0 Å². The molecule has 8 heteroatoms.